The molecule has 2 unspecified atom stereocenters. The van der Waals surface area contributed by atoms with Crippen LogP contribution in [0.15, 0.2) is 143 Å². The van der Waals surface area contributed by atoms with Gasteiger partial charge in [-0.15, -0.1) is 11.8 Å². The molecule has 0 spiro atoms. The molecule has 4 aromatic carbocycles. The number of aliphatic imine (C=N–C) groups is 1. The summed E-state index contributed by atoms with van der Waals surface area (Å²) in [7, 11) is 0. The number of aryl methyl sites for hydroxylation is 1. The van der Waals surface area contributed by atoms with Crippen LogP contribution in [0.3, 0.4) is 0 Å². The summed E-state index contributed by atoms with van der Waals surface area (Å²) in [6, 6.07) is 39.1. The second-order valence-electron chi connectivity index (χ2n) is 8.61. The zero-order valence-corrected chi connectivity index (χ0v) is 21.4. The van der Waals surface area contributed by atoms with Crippen LogP contribution in [0.2, 0.25) is 0 Å². The summed E-state index contributed by atoms with van der Waals surface area (Å²) in [5.74, 6) is 0.556. The number of hydrogen-bond donors (Lipinski definition) is 3. The van der Waals surface area contributed by atoms with E-state index in [0.717, 1.165) is 16.8 Å². The lowest BCUT2D eigenvalue weighted by molar-refractivity contribution is 0.735. The molecular weight excluding hydrogens is 474 g/mol. The smallest absolute Gasteiger partial charge is 0.232 e. The summed E-state index contributed by atoms with van der Waals surface area (Å²) in [6.07, 6.45) is 4.07. The molecule has 1 aliphatic rings. The van der Waals surface area contributed by atoms with Crippen LogP contribution < -0.4 is 16.3 Å². The van der Waals surface area contributed by atoms with Crippen molar-refractivity contribution in [1.82, 2.24) is 16.3 Å². The second-order valence-corrected chi connectivity index (χ2v) is 9.79. The maximum Gasteiger partial charge on any atom is 0.232 e. The monoisotopic (exact) mass is 503 g/mol. The predicted molar refractivity (Wildman–Crippen MR) is 154 cm³/mol. The highest BCUT2D eigenvalue weighted by molar-refractivity contribution is 7.99. The molecule has 0 radical (unpaired) electrons. The number of hydrogen-bond acceptors (Lipinski definition) is 6. The maximum absolute atomic E-state index is 4.93. The van der Waals surface area contributed by atoms with Crippen molar-refractivity contribution >= 4 is 23.4 Å². The van der Waals surface area contributed by atoms with Gasteiger partial charge in [0.25, 0.3) is 0 Å². The molecule has 1 aliphatic heterocycles. The van der Waals surface area contributed by atoms with E-state index in [1.165, 1.54) is 16.0 Å². The number of rotatable bonds is 8. The van der Waals surface area contributed by atoms with Gasteiger partial charge in [0.05, 0.1) is 11.0 Å². The Labute approximate surface area is 222 Å². The molecule has 0 amide bonds. The van der Waals surface area contributed by atoms with Crippen LogP contribution in [-0.4, -0.2) is 11.7 Å². The number of guanidine groups is 1. The Hall–Kier alpha value is -4.29. The normalized spacial score (nSPS) is 15.9. The van der Waals surface area contributed by atoms with Crippen molar-refractivity contribution in [1.29, 1.82) is 0 Å². The molecule has 0 aromatic heterocycles. The molecule has 1 heterocycles. The van der Waals surface area contributed by atoms with E-state index >= 15 is 0 Å². The SMILES string of the molecule is Cc1ccccc1SC(/C=C/NNC1=NC(c2ccccc2)C(c2ccccc2)=NN1)c1ccccc1. The van der Waals surface area contributed by atoms with Gasteiger partial charge in [0.2, 0.25) is 5.96 Å². The summed E-state index contributed by atoms with van der Waals surface area (Å²) in [5.41, 5.74) is 14.9. The van der Waals surface area contributed by atoms with Crippen LogP contribution in [-0.2, 0) is 0 Å². The van der Waals surface area contributed by atoms with Gasteiger partial charge in [-0.2, -0.15) is 5.10 Å². The molecule has 0 bridgehead atoms. The molecule has 0 saturated heterocycles. The zero-order valence-electron chi connectivity index (χ0n) is 20.6. The predicted octanol–water partition coefficient (Wildman–Crippen LogP) is 6.54. The molecule has 5 nitrogen and oxygen atoms in total. The Kier molecular flexibility index (Phi) is 7.98. The summed E-state index contributed by atoms with van der Waals surface area (Å²) in [5, 5.41) is 4.82. The van der Waals surface area contributed by atoms with Crippen LogP contribution in [0.1, 0.15) is 33.5 Å². The zero-order chi connectivity index (χ0) is 25.3. The minimum Gasteiger partial charge on any atom is -0.306 e. The van der Waals surface area contributed by atoms with E-state index < -0.39 is 0 Å². The highest BCUT2D eigenvalue weighted by Gasteiger charge is 2.23. The fraction of sp³-hybridized carbons (Fsp3) is 0.0968. The summed E-state index contributed by atoms with van der Waals surface area (Å²) >= 11 is 1.83. The molecule has 5 rings (SSSR count). The third-order valence-electron chi connectivity index (χ3n) is 6.00. The van der Waals surface area contributed by atoms with Gasteiger partial charge >= 0.3 is 0 Å². The third-order valence-corrected chi connectivity index (χ3v) is 7.40. The van der Waals surface area contributed by atoms with Gasteiger partial charge in [-0.25, -0.2) is 10.4 Å². The van der Waals surface area contributed by atoms with E-state index in [0.29, 0.717) is 5.96 Å². The Morgan fingerprint density at radius 1 is 0.811 bits per heavy atom. The molecule has 6 heteroatoms. The molecule has 3 N–H and O–H groups in total. The molecule has 0 fully saturated rings. The number of nitrogens with zero attached hydrogens (tertiary/aromatic N) is 2. The van der Waals surface area contributed by atoms with Gasteiger partial charge in [-0.1, -0.05) is 109 Å². The van der Waals surface area contributed by atoms with Crippen molar-refractivity contribution in [3.05, 3.63) is 150 Å². The molecule has 2 atom stereocenters. The molecule has 4 aromatic rings. The van der Waals surface area contributed by atoms with Gasteiger partial charge in [0.1, 0.15) is 6.04 Å². The lowest BCUT2D eigenvalue weighted by Gasteiger charge is -2.23. The maximum atomic E-state index is 4.93. The first-order chi connectivity index (χ1) is 18.3. The molecular formula is C31H29N5S. The lowest BCUT2D eigenvalue weighted by atomic mass is 9.97. The Balaban J connectivity index is 1.30. The average molecular weight is 504 g/mol. The van der Waals surface area contributed by atoms with Gasteiger partial charge in [-0.05, 0) is 35.8 Å². The molecule has 0 aliphatic carbocycles. The summed E-state index contributed by atoms with van der Waals surface area (Å²) < 4.78 is 0. The van der Waals surface area contributed by atoms with E-state index in [4.69, 9.17) is 4.99 Å². The van der Waals surface area contributed by atoms with Crippen LogP contribution >= 0.6 is 11.8 Å². The number of thioether (sulfide) groups is 1. The second kappa shape index (κ2) is 12.1. The Morgan fingerprint density at radius 2 is 1.46 bits per heavy atom. The number of nitrogens with one attached hydrogen (secondary N) is 3. The quantitative estimate of drug-likeness (QED) is 0.189. The Morgan fingerprint density at radius 3 is 2.19 bits per heavy atom. The minimum atomic E-state index is -0.216. The fourth-order valence-corrected chi connectivity index (χ4v) is 5.22. The van der Waals surface area contributed by atoms with E-state index in [-0.39, 0.29) is 11.3 Å². The highest BCUT2D eigenvalue weighted by atomic mass is 32.2. The average Bonchev–Trinajstić information content (AvgIpc) is 2.97. The van der Waals surface area contributed by atoms with Crippen LogP contribution in [0, 0.1) is 6.92 Å². The van der Waals surface area contributed by atoms with Crippen molar-refractivity contribution in [3.8, 4) is 0 Å². The first-order valence-electron chi connectivity index (χ1n) is 12.2. The number of hydrazone groups is 1. The van der Waals surface area contributed by atoms with E-state index in [1.807, 2.05) is 60.4 Å². The van der Waals surface area contributed by atoms with Crippen molar-refractivity contribution in [2.24, 2.45) is 10.1 Å². The molecule has 37 heavy (non-hydrogen) atoms. The Bertz CT molecular complexity index is 1390. The lowest BCUT2D eigenvalue weighted by Crippen LogP contribution is -2.44. The first-order valence-corrected chi connectivity index (χ1v) is 13.1. The third kappa shape index (κ3) is 6.29. The van der Waals surface area contributed by atoms with Crippen molar-refractivity contribution in [3.63, 3.8) is 0 Å². The van der Waals surface area contributed by atoms with E-state index in [2.05, 4.69) is 107 Å². The van der Waals surface area contributed by atoms with Gasteiger partial charge in [0, 0.05) is 16.7 Å². The van der Waals surface area contributed by atoms with Crippen molar-refractivity contribution in [2.45, 2.75) is 23.1 Å². The number of benzene rings is 4. The minimum absolute atomic E-state index is 0.151. The van der Waals surface area contributed by atoms with Crippen molar-refractivity contribution < 1.29 is 0 Å². The van der Waals surface area contributed by atoms with E-state index in [1.54, 1.807) is 0 Å². The van der Waals surface area contributed by atoms with Gasteiger partial charge in [-0.3, -0.25) is 5.43 Å². The summed E-state index contributed by atoms with van der Waals surface area (Å²) in [6.45, 7) is 2.15. The van der Waals surface area contributed by atoms with Crippen LogP contribution in [0.5, 0.6) is 0 Å². The summed E-state index contributed by atoms with van der Waals surface area (Å²) in [4.78, 5) is 6.19. The fourth-order valence-electron chi connectivity index (χ4n) is 4.08. The first kappa shape index (κ1) is 24.4. The molecule has 184 valence electrons. The van der Waals surface area contributed by atoms with Gasteiger partial charge < -0.3 is 5.43 Å². The van der Waals surface area contributed by atoms with Gasteiger partial charge in [0.15, 0.2) is 0 Å². The topological polar surface area (TPSA) is 60.8 Å². The standard InChI is InChI=1S/C31H29N5S/c1-23-13-11-12-20-27(23)37-28(24-14-5-2-6-15-24)21-22-32-35-31-33-29(25-16-7-3-8-17-25)30(34-36-31)26-18-9-4-10-19-26/h2-22,28-29,32H,1H3,(H2,33,35,36)/b22-21+. The van der Waals surface area contributed by atoms with Crippen LogP contribution in [0.25, 0.3) is 0 Å². The van der Waals surface area contributed by atoms with E-state index in [9.17, 15) is 0 Å². The highest BCUT2D eigenvalue weighted by Crippen LogP contribution is 2.37. The van der Waals surface area contributed by atoms with Crippen molar-refractivity contribution in [2.75, 3.05) is 0 Å². The molecule has 0 saturated carbocycles. The number of hydrazine groups is 1. The van der Waals surface area contributed by atoms with Crippen LogP contribution in [0.4, 0.5) is 0 Å². The largest absolute Gasteiger partial charge is 0.306 e.